The minimum atomic E-state index is 0.491. The molecule has 0 aromatic heterocycles. The zero-order valence-electron chi connectivity index (χ0n) is 10.1. The van der Waals surface area contributed by atoms with Crippen LogP contribution in [0.3, 0.4) is 0 Å². The van der Waals surface area contributed by atoms with Gasteiger partial charge in [0.2, 0.25) is 0 Å². The van der Waals surface area contributed by atoms with Crippen LogP contribution in [0, 0.1) is 0 Å². The molecule has 88 valence electrons. The summed E-state index contributed by atoms with van der Waals surface area (Å²) < 4.78 is 0. The average molecular weight is 226 g/mol. The lowest BCUT2D eigenvalue weighted by Gasteiger charge is -2.14. The Morgan fingerprint density at radius 2 is 1.65 bits per heavy atom. The summed E-state index contributed by atoms with van der Waals surface area (Å²) in [4.78, 5) is 0. The van der Waals surface area contributed by atoms with Crippen LogP contribution in [0.4, 0.5) is 5.69 Å². The van der Waals surface area contributed by atoms with Crippen LogP contribution in [0.15, 0.2) is 54.6 Å². The average Bonchev–Trinajstić information content (AvgIpc) is 2.40. The topological polar surface area (TPSA) is 38.0 Å². The van der Waals surface area contributed by atoms with Crippen molar-refractivity contribution in [1.29, 1.82) is 0 Å². The van der Waals surface area contributed by atoms with Gasteiger partial charge >= 0.3 is 0 Å². The second-order valence-corrected chi connectivity index (χ2v) is 4.32. The summed E-state index contributed by atoms with van der Waals surface area (Å²) in [5.41, 5.74) is 6.38. The number of anilines is 1. The molecule has 0 aliphatic rings. The van der Waals surface area contributed by atoms with E-state index < -0.39 is 0 Å². The van der Waals surface area contributed by atoms with Crippen LogP contribution in [0.5, 0.6) is 0 Å². The summed E-state index contributed by atoms with van der Waals surface area (Å²) in [6.07, 6.45) is 0.990. The highest BCUT2D eigenvalue weighted by Crippen LogP contribution is 2.24. The number of para-hydroxylation sites is 1. The van der Waals surface area contributed by atoms with Crippen molar-refractivity contribution in [3.05, 3.63) is 65.7 Å². The van der Waals surface area contributed by atoms with Crippen molar-refractivity contribution in [1.82, 2.24) is 0 Å². The van der Waals surface area contributed by atoms with Gasteiger partial charge in [0.1, 0.15) is 0 Å². The quantitative estimate of drug-likeness (QED) is 0.620. The zero-order chi connectivity index (χ0) is 12.1. The Labute approximate surface area is 102 Å². The van der Waals surface area contributed by atoms with Crippen molar-refractivity contribution in [3.63, 3.8) is 0 Å². The first-order valence-electron chi connectivity index (χ1n) is 5.90. The van der Waals surface area contributed by atoms with Gasteiger partial charge in [-0.2, -0.15) is 0 Å². The molecule has 2 aromatic carbocycles. The first-order chi connectivity index (χ1) is 8.31. The van der Waals surface area contributed by atoms with Gasteiger partial charge in [-0.1, -0.05) is 55.5 Å². The molecule has 0 bridgehead atoms. The third-order valence-electron chi connectivity index (χ3n) is 3.07. The highest BCUT2D eigenvalue weighted by molar-refractivity contribution is 5.50. The number of benzene rings is 2. The van der Waals surface area contributed by atoms with Crippen molar-refractivity contribution < 1.29 is 0 Å². The monoisotopic (exact) mass is 226 g/mol. The second-order valence-electron chi connectivity index (χ2n) is 4.32. The normalized spacial score (nSPS) is 12.1. The number of hydrogen-bond donors (Lipinski definition) is 2. The van der Waals surface area contributed by atoms with Gasteiger partial charge in [0.25, 0.3) is 0 Å². The van der Waals surface area contributed by atoms with Crippen molar-refractivity contribution in [3.8, 4) is 0 Å². The molecule has 17 heavy (non-hydrogen) atoms. The van der Waals surface area contributed by atoms with Crippen LogP contribution >= 0.6 is 0 Å². The number of hydrogen-bond acceptors (Lipinski definition) is 2. The lowest BCUT2D eigenvalue weighted by Crippen LogP contribution is -2.10. The molecule has 0 spiro atoms. The molecule has 0 saturated carbocycles. The largest absolute Gasteiger partial charge is 0.324 e. The molecule has 3 N–H and O–H groups in total. The standard InChI is InChI=1S/C15H18N2/c1-12(13-7-3-2-4-8-13)11-14-9-5-6-10-15(14)17-16/h2-10,12,17H,11,16H2,1H3. The van der Waals surface area contributed by atoms with Crippen LogP contribution in [0.2, 0.25) is 0 Å². The third kappa shape index (κ3) is 2.86. The number of rotatable bonds is 4. The molecule has 0 radical (unpaired) electrons. The molecular formula is C15H18N2. The van der Waals surface area contributed by atoms with Gasteiger partial charge in [-0.25, -0.2) is 0 Å². The molecular weight excluding hydrogens is 208 g/mol. The minimum Gasteiger partial charge on any atom is -0.324 e. The Morgan fingerprint density at radius 3 is 2.35 bits per heavy atom. The van der Waals surface area contributed by atoms with Crippen LogP contribution in [-0.2, 0) is 6.42 Å². The fraction of sp³-hybridized carbons (Fsp3) is 0.200. The maximum absolute atomic E-state index is 5.52. The first-order valence-corrected chi connectivity index (χ1v) is 5.90. The molecule has 2 rings (SSSR count). The number of hydrazine groups is 1. The summed E-state index contributed by atoms with van der Waals surface area (Å²) in [6.45, 7) is 2.24. The minimum absolute atomic E-state index is 0.491. The Kier molecular flexibility index (Phi) is 3.78. The second kappa shape index (κ2) is 5.51. The molecule has 2 heteroatoms. The number of nitrogens with one attached hydrogen (secondary N) is 1. The molecule has 0 saturated heterocycles. The Morgan fingerprint density at radius 1 is 1.00 bits per heavy atom. The van der Waals surface area contributed by atoms with E-state index in [9.17, 15) is 0 Å². The molecule has 2 aromatic rings. The first kappa shape index (κ1) is 11.7. The van der Waals surface area contributed by atoms with E-state index in [1.165, 1.54) is 11.1 Å². The van der Waals surface area contributed by atoms with E-state index in [1.54, 1.807) is 0 Å². The lowest BCUT2D eigenvalue weighted by atomic mass is 9.93. The third-order valence-corrected chi connectivity index (χ3v) is 3.07. The summed E-state index contributed by atoms with van der Waals surface area (Å²) in [6, 6.07) is 18.7. The fourth-order valence-electron chi connectivity index (χ4n) is 2.07. The summed E-state index contributed by atoms with van der Waals surface area (Å²) in [5.74, 6) is 6.01. The van der Waals surface area contributed by atoms with E-state index >= 15 is 0 Å². The van der Waals surface area contributed by atoms with E-state index in [1.807, 2.05) is 24.3 Å². The summed E-state index contributed by atoms with van der Waals surface area (Å²) >= 11 is 0. The smallest absolute Gasteiger partial charge is 0.0517 e. The predicted octanol–water partition coefficient (Wildman–Crippen LogP) is 3.32. The zero-order valence-corrected chi connectivity index (χ0v) is 10.1. The van der Waals surface area contributed by atoms with Gasteiger partial charge in [0.15, 0.2) is 0 Å². The van der Waals surface area contributed by atoms with E-state index in [0.717, 1.165) is 12.1 Å². The van der Waals surface area contributed by atoms with Crippen molar-refractivity contribution >= 4 is 5.69 Å². The van der Waals surface area contributed by atoms with Crippen molar-refractivity contribution in [2.24, 2.45) is 5.84 Å². The van der Waals surface area contributed by atoms with Crippen molar-refractivity contribution in [2.45, 2.75) is 19.3 Å². The van der Waals surface area contributed by atoms with E-state index in [4.69, 9.17) is 5.84 Å². The van der Waals surface area contributed by atoms with Gasteiger partial charge in [-0.05, 0) is 29.5 Å². The van der Waals surface area contributed by atoms with E-state index in [-0.39, 0.29) is 0 Å². The molecule has 1 atom stereocenters. The van der Waals surface area contributed by atoms with Crippen LogP contribution in [0.1, 0.15) is 24.0 Å². The Balaban J connectivity index is 2.16. The maximum atomic E-state index is 5.52. The Bertz CT molecular complexity index is 465. The summed E-state index contributed by atoms with van der Waals surface area (Å²) in [5, 5.41) is 0. The van der Waals surface area contributed by atoms with Crippen LogP contribution in [-0.4, -0.2) is 0 Å². The van der Waals surface area contributed by atoms with E-state index in [0.29, 0.717) is 5.92 Å². The molecule has 1 unspecified atom stereocenters. The molecule has 0 heterocycles. The number of nitrogen functional groups attached to an aromatic ring is 1. The van der Waals surface area contributed by atoms with E-state index in [2.05, 4.69) is 42.7 Å². The highest BCUT2D eigenvalue weighted by Gasteiger charge is 2.08. The molecule has 0 aliphatic carbocycles. The number of nitrogens with two attached hydrogens (primary N) is 1. The van der Waals surface area contributed by atoms with Gasteiger partial charge < -0.3 is 5.43 Å². The molecule has 2 nitrogen and oxygen atoms in total. The molecule has 0 amide bonds. The molecule has 0 fully saturated rings. The van der Waals surface area contributed by atoms with Gasteiger partial charge in [-0.3, -0.25) is 5.84 Å². The van der Waals surface area contributed by atoms with Gasteiger partial charge in [-0.15, -0.1) is 0 Å². The Hall–Kier alpha value is -1.80. The van der Waals surface area contributed by atoms with Crippen LogP contribution < -0.4 is 11.3 Å². The SMILES string of the molecule is CC(Cc1ccccc1NN)c1ccccc1. The fourth-order valence-corrected chi connectivity index (χ4v) is 2.07. The maximum Gasteiger partial charge on any atom is 0.0517 e. The molecule has 0 aliphatic heterocycles. The van der Waals surface area contributed by atoms with Crippen molar-refractivity contribution in [2.75, 3.05) is 5.43 Å². The highest BCUT2D eigenvalue weighted by atomic mass is 15.2. The predicted molar refractivity (Wildman–Crippen MR) is 72.8 cm³/mol. The van der Waals surface area contributed by atoms with Gasteiger partial charge in [0.05, 0.1) is 5.69 Å². The lowest BCUT2D eigenvalue weighted by molar-refractivity contribution is 0.760. The van der Waals surface area contributed by atoms with Gasteiger partial charge in [0, 0.05) is 0 Å². The van der Waals surface area contributed by atoms with Crippen LogP contribution in [0.25, 0.3) is 0 Å². The summed E-state index contributed by atoms with van der Waals surface area (Å²) in [7, 11) is 0.